The molecule has 2 atom stereocenters. The Bertz CT molecular complexity index is 733. The van der Waals surface area contributed by atoms with E-state index < -0.39 is 24.0 Å². The summed E-state index contributed by atoms with van der Waals surface area (Å²) in [6.45, 7) is 6.20. The van der Waals surface area contributed by atoms with Gasteiger partial charge in [0.25, 0.3) is 5.91 Å². The van der Waals surface area contributed by atoms with Crippen LogP contribution in [0.2, 0.25) is 0 Å². The van der Waals surface area contributed by atoms with Crippen LogP contribution in [0, 0.1) is 0 Å². The van der Waals surface area contributed by atoms with E-state index >= 15 is 0 Å². The summed E-state index contributed by atoms with van der Waals surface area (Å²) in [5.74, 6) is -1.83. The van der Waals surface area contributed by atoms with Gasteiger partial charge in [-0.3, -0.25) is 4.79 Å². The number of carbonyl (C=O) groups excluding carboxylic acids is 1. The molecule has 2 rings (SSSR count). The minimum Gasteiger partial charge on any atom is -0.480 e. The van der Waals surface area contributed by atoms with Crippen LogP contribution in [-0.2, 0) is 10.2 Å². The first kappa shape index (κ1) is 18.7. The number of carboxylic acid groups (broad SMARTS) is 1. The number of aliphatic hydroxyl groups excluding tert-OH is 1. The zero-order chi connectivity index (χ0) is 18.6. The Hall–Kier alpha value is -2.66. The third-order valence-electron chi connectivity index (χ3n) is 4.02. The molecule has 0 radical (unpaired) electrons. The number of hydrogen-bond donors (Lipinski definition) is 3. The quantitative estimate of drug-likeness (QED) is 0.780. The highest BCUT2D eigenvalue weighted by molar-refractivity contribution is 5.96. The van der Waals surface area contributed by atoms with E-state index in [0.717, 1.165) is 5.56 Å². The van der Waals surface area contributed by atoms with Crippen molar-refractivity contribution in [3.63, 3.8) is 0 Å². The molecule has 2 unspecified atom stereocenters. The van der Waals surface area contributed by atoms with E-state index in [1.54, 1.807) is 42.5 Å². The maximum atomic E-state index is 12.4. The fourth-order valence-electron chi connectivity index (χ4n) is 2.46. The van der Waals surface area contributed by atoms with Gasteiger partial charge in [-0.05, 0) is 28.7 Å². The smallest absolute Gasteiger partial charge is 0.329 e. The lowest BCUT2D eigenvalue weighted by atomic mass is 9.86. The van der Waals surface area contributed by atoms with Crippen molar-refractivity contribution in [2.45, 2.75) is 38.3 Å². The maximum Gasteiger partial charge on any atom is 0.329 e. The first-order valence-corrected chi connectivity index (χ1v) is 8.07. The van der Waals surface area contributed by atoms with Gasteiger partial charge in [-0.1, -0.05) is 63.2 Å². The van der Waals surface area contributed by atoms with Gasteiger partial charge in [0.15, 0.2) is 6.04 Å². The van der Waals surface area contributed by atoms with E-state index in [1.165, 1.54) is 0 Å². The second-order valence-corrected chi connectivity index (χ2v) is 6.97. The van der Waals surface area contributed by atoms with E-state index in [-0.39, 0.29) is 5.41 Å². The summed E-state index contributed by atoms with van der Waals surface area (Å²) in [7, 11) is 0. The van der Waals surface area contributed by atoms with E-state index in [9.17, 15) is 19.8 Å². The molecule has 0 aliphatic carbocycles. The van der Waals surface area contributed by atoms with Crippen molar-refractivity contribution < 1.29 is 19.8 Å². The van der Waals surface area contributed by atoms with Crippen molar-refractivity contribution in [3.05, 3.63) is 71.3 Å². The van der Waals surface area contributed by atoms with E-state index in [4.69, 9.17) is 0 Å². The highest BCUT2D eigenvalue weighted by Crippen LogP contribution is 2.22. The van der Waals surface area contributed by atoms with Crippen molar-refractivity contribution in [1.29, 1.82) is 0 Å². The molecule has 0 saturated carbocycles. The molecule has 0 aromatic heterocycles. The number of rotatable bonds is 5. The number of nitrogens with one attached hydrogen (secondary N) is 1. The van der Waals surface area contributed by atoms with Crippen LogP contribution in [0.15, 0.2) is 54.6 Å². The third kappa shape index (κ3) is 4.67. The van der Waals surface area contributed by atoms with Crippen LogP contribution in [0.1, 0.15) is 48.4 Å². The number of aliphatic carboxylic acids is 1. The molecule has 0 heterocycles. The zero-order valence-electron chi connectivity index (χ0n) is 14.6. The molecule has 0 fully saturated rings. The molecule has 5 nitrogen and oxygen atoms in total. The zero-order valence-corrected chi connectivity index (χ0v) is 14.6. The molecule has 1 amide bonds. The minimum atomic E-state index is -1.43. The van der Waals surface area contributed by atoms with Crippen molar-refractivity contribution in [3.8, 4) is 0 Å². The average molecular weight is 341 g/mol. The SMILES string of the molecule is CC(C)(C)c1ccc(C(=O)NC(C(=O)O)C(O)c2ccccc2)cc1. The molecule has 3 N–H and O–H groups in total. The Balaban J connectivity index is 2.17. The van der Waals surface area contributed by atoms with Crippen molar-refractivity contribution in [1.82, 2.24) is 5.32 Å². The topological polar surface area (TPSA) is 86.6 Å². The van der Waals surface area contributed by atoms with E-state index in [1.807, 2.05) is 12.1 Å². The summed E-state index contributed by atoms with van der Waals surface area (Å²) in [6.07, 6.45) is -1.34. The largest absolute Gasteiger partial charge is 0.480 e. The molecule has 2 aromatic rings. The van der Waals surface area contributed by atoms with Crippen LogP contribution >= 0.6 is 0 Å². The van der Waals surface area contributed by atoms with Crippen LogP contribution < -0.4 is 5.32 Å². The van der Waals surface area contributed by atoms with Crippen LogP contribution in [-0.4, -0.2) is 28.1 Å². The predicted molar refractivity (Wildman–Crippen MR) is 95.4 cm³/mol. The third-order valence-corrected chi connectivity index (χ3v) is 4.02. The molecular weight excluding hydrogens is 318 g/mol. The molecule has 0 saturated heterocycles. The average Bonchev–Trinajstić information content (AvgIpc) is 2.58. The molecule has 132 valence electrons. The summed E-state index contributed by atoms with van der Waals surface area (Å²) in [5, 5.41) is 22.1. The summed E-state index contributed by atoms with van der Waals surface area (Å²) < 4.78 is 0. The second-order valence-electron chi connectivity index (χ2n) is 6.97. The van der Waals surface area contributed by atoms with Gasteiger partial charge < -0.3 is 15.5 Å². The van der Waals surface area contributed by atoms with Gasteiger partial charge in [0, 0.05) is 5.56 Å². The van der Waals surface area contributed by atoms with Crippen molar-refractivity contribution in [2.75, 3.05) is 0 Å². The van der Waals surface area contributed by atoms with Gasteiger partial charge in [0.1, 0.15) is 6.10 Å². The number of benzene rings is 2. The second kappa shape index (κ2) is 7.49. The first-order chi connectivity index (χ1) is 11.7. The number of hydrogen-bond acceptors (Lipinski definition) is 3. The summed E-state index contributed by atoms with van der Waals surface area (Å²) >= 11 is 0. The highest BCUT2D eigenvalue weighted by atomic mass is 16.4. The van der Waals surface area contributed by atoms with Crippen molar-refractivity contribution in [2.24, 2.45) is 0 Å². The lowest BCUT2D eigenvalue weighted by Crippen LogP contribution is -2.45. The molecule has 0 aliphatic heterocycles. The van der Waals surface area contributed by atoms with Gasteiger partial charge in [0.05, 0.1) is 0 Å². The molecular formula is C20H23NO4. The normalized spacial score (nSPS) is 13.8. The minimum absolute atomic E-state index is 0.0396. The molecule has 2 aromatic carbocycles. The molecule has 0 spiro atoms. The highest BCUT2D eigenvalue weighted by Gasteiger charge is 2.29. The van der Waals surface area contributed by atoms with Crippen molar-refractivity contribution >= 4 is 11.9 Å². The van der Waals surface area contributed by atoms with Gasteiger partial charge in [-0.15, -0.1) is 0 Å². The Labute approximate surface area is 147 Å². The van der Waals surface area contributed by atoms with Gasteiger partial charge >= 0.3 is 5.97 Å². The molecule has 25 heavy (non-hydrogen) atoms. The number of aliphatic hydroxyl groups is 1. The molecule has 0 aliphatic rings. The Morgan fingerprint density at radius 3 is 2.00 bits per heavy atom. The summed E-state index contributed by atoms with van der Waals surface area (Å²) in [4.78, 5) is 23.9. The fraction of sp³-hybridized carbons (Fsp3) is 0.300. The summed E-state index contributed by atoms with van der Waals surface area (Å²) in [6, 6.07) is 14.0. The monoisotopic (exact) mass is 341 g/mol. The van der Waals surface area contributed by atoms with E-state index in [2.05, 4.69) is 26.1 Å². The van der Waals surface area contributed by atoms with Gasteiger partial charge in [-0.25, -0.2) is 4.79 Å². The van der Waals surface area contributed by atoms with Gasteiger partial charge in [0.2, 0.25) is 0 Å². The predicted octanol–water partition coefficient (Wildman–Crippen LogP) is 2.90. The maximum absolute atomic E-state index is 12.4. The Morgan fingerprint density at radius 1 is 0.960 bits per heavy atom. The number of amides is 1. The summed E-state index contributed by atoms with van der Waals surface area (Å²) in [5.41, 5.74) is 1.81. The Kier molecular flexibility index (Phi) is 5.59. The van der Waals surface area contributed by atoms with Gasteiger partial charge in [-0.2, -0.15) is 0 Å². The molecule has 0 bridgehead atoms. The van der Waals surface area contributed by atoms with Crippen LogP contribution in [0.3, 0.4) is 0 Å². The lowest BCUT2D eigenvalue weighted by Gasteiger charge is -2.21. The fourth-order valence-corrected chi connectivity index (χ4v) is 2.46. The standard InChI is InChI=1S/C20H23NO4/c1-20(2,3)15-11-9-14(10-12-15)18(23)21-16(19(24)25)17(22)13-7-5-4-6-8-13/h4-12,16-17,22H,1-3H3,(H,21,23)(H,24,25). The first-order valence-electron chi connectivity index (χ1n) is 8.07. The Morgan fingerprint density at radius 2 is 1.52 bits per heavy atom. The van der Waals surface area contributed by atoms with Crippen LogP contribution in [0.5, 0.6) is 0 Å². The number of carboxylic acids is 1. The van der Waals surface area contributed by atoms with Crippen LogP contribution in [0.4, 0.5) is 0 Å². The van der Waals surface area contributed by atoms with Crippen LogP contribution in [0.25, 0.3) is 0 Å². The van der Waals surface area contributed by atoms with E-state index in [0.29, 0.717) is 11.1 Å². The molecule has 5 heteroatoms. The lowest BCUT2D eigenvalue weighted by molar-refractivity contribution is -0.142. The number of carbonyl (C=O) groups is 2.